The lowest BCUT2D eigenvalue weighted by Gasteiger charge is -2.38. The number of hydrogen-bond acceptors (Lipinski definition) is 3. The smallest absolute Gasteiger partial charge is 0.0846 e. The molecule has 0 amide bonds. The molecule has 0 unspecified atom stereocenters. The van der Waals surface area contributed by atoms with E-state index in [1.54, 1.807) is 0 Å². The van der Waals surface area contributed by atoms with E-state index < -0.39 is 0 Å². The number of benzene rings is 1. The van der Waals surface area contributed by atoms with Crippen molar-refractivity contribution in [3.8, 4) is 6.07 Å². The Bertz CT molecular complexity index is 511. The molecule has 3 heteroatoms. The fourth-order valence-electron chi connectivity index (χ4n) is 4.06. The van der Waals surface area contributed by atoms with Gasteiger partial charge in [-0.2, -0.15) is 5.26 Å². The summed E-state index contributed by atoms with van der Waals surface area (Å²) in [4.78, 5) is 5.07. The molecule has 0 radical (unpaired) electrons. The van der Waals surface area contributed by atoms with Gasteiger partial charge in [0.2, 0.25) is 0 Å². The first-order valence-corrected chi connectivity index (χ1v) is 8.63. The highest BCUT2D eigenvalue weighted by atomic mass is 15.2. The first-order valence-electron chi connectivity index (χ1n) is 8.63. The lowest BCUT2D eigenvalue weighted by Crippen LogP contribution is -2.43. The van der Waals surface area contributed by atoms with Gasteiger partial charge in [0.05, 0.1) is 11.5 Å². The summed E-state index contributed by atoms with van der Waals surface area (Å²) in [5.41, 5.74) is 0.940. The van der Waals surface area contributed by atoms with Crippen LogP contribution < -0.4 is 0 Å². The van der Waals surface area contributed by atoms with Gasteiger partial charge in [0.25, 0.3) is 0 Å². The van der Waals surface area contributed by atoms with Crippen molar-refractivity contribution in [3.05, 3.63) is 35.9 Å². The molecule has 2 saturated heterocycles. The van der Waals surface area contributed by atoms with Gasteiger partial charge in [0.15, 0.2) is 0 Å². The molecular weight excluding hydrogens is 270 g/mol. The summed E-state index contributed by atoms with van der Waals surface area (Å²) in [7, 11) is 2.25. The number of likely N-dealkylation sites (tertiary alicyclic amines) is 2. The monoisotopic (exact) mass is 297 g/mol. The van der Waals surface area contributed by atoms with E-state index >= 15 is 0 Å². The summed E-state index contributed by atoms with van der Waals surface area (Å²) in [6.07, 6.45) is 5.92. The van der Waals surface area contributed by atoms with Crippen molar-refractivity contribution in [1.82, 2.24) is 9.80 Å². The van der Waals surface area contributed by atoms with Gasteiger partial charge in [-0.1, -0.05) is 30.3 Å². The molecule has 0 saturated carbocycles. The van der Waals surface area contributed by atoms with Crippen LogP contribution in [0.3, 0.4) is 0 Å². The zero-order valence-electron chi connectivity index (χ0n) is 13.7. The van der Waals surface area contributed by atoms with Crippen molar-refractivity contribution in [2.75, 3.05) is 33.2 Å². The second kappa shape index (κ2) is 6.81. The second-order valence-electron chi connectivity index (χ2n) is 6.97. The van der Waals surface area contributed by atoms with Crippen molar-refractivity contribution in [2.45, 2.75) is 43.6 Å². The minimum Gasteiger partial charge on any atom is -0.303 e. The molecule has 3 nitrogen and oxygen atoms in total. The van der Waals surface area contributed by atoms with Crippen molar-refractivity contribution in [3.63, 3.8) is 0 Å². The molecule has 2 aliphatic rings. The summed E-state index contributed by atoms with van der Waals surface area (Å²) in [5, 5.41) is 9.74. The number of hydrogen-bond donors (Lipinski definition) is 0. The summed E-state index contributed by atoms with van der Waals surface area (Å²) in [6, 6.07) is 13.8. The standard InChI is InChI=1S/C19H27N3/c1-21-12-5-8-18(21)9-13-22-14-10-19(16-20,11-15-22)17-6-3-2-4-7-17/h2-4,6-7,18H,5,8-15H2,1H3/t18-/m1/s1. The van der Waals surface area contributed by atoms with Crippen LogP contribution in [0.4, 0.5) is 0 Å². The van der Waals surface area contributed by atoms with Gasteiger partial charge in [-0.3, -0.25) is 0 Å². The van der Waals surface area contributed by atoms with Crippen molar-refractivity contribution in [1.29, 1.82) is 5.26 Å². The fraction of sp³-hybridized carbons (Fsp3) is 0.632. The molecule has 1 aromatic carbocycles. The molecule has 2 aliphatic heterocycles. The van der Waals surface area contributed by atoms with Gasteiger partial charge in [-0.25, -0.2) is 0 Å². The molecule has 1 atom stereocenters. The topological polar surface area (TPSA) is 30.3 Å². The molecule has 0 aliphatic carbocycles. The highest BCUT2D eigenvalue weighted by Crippen LogP contribution is 2.35. The van der Waals surface area contributed by atoms with E-state index in [0.29, 0.717) is 0 Å². The molecule has 2 fully saturated rings. The molecule has 0 spiro atoms. The average molecular weight is 297 g/mol. The summed E-state index contributed by atoms with van der Waals surface area (Å²) in [5.74, 6) is 0. The van der Waals surface area contributed by atoms with Crippen molar-refractivity contribution < 1.29 is 0 Å². The Hall–Kier alpha value is -1.37. The molecule has 22 heavy (non-hydrogen) atoms. The summed E-state index contributed by atoms with van der Waals surface area (Å²) >= 11 is 0. The van der Waals surface area contributed by atoms with Gasteiger partial charge in [0, 0.05) is 6.04 Å². The Morgan fingerprint density at radius 1 is 1.18 bits per heavy atom. The van der Waals surface area contributed by atoms with Crippen LogP contribution in [0.1, 0.15) is 37.7 Å². The van der Waals surface area contributed by atoms with Crippen LogP contribution in [0, 0.1) is 11.3 Å². The lowest BCUT2D eigenvalue weighted by molar-refractivity contribution is 0.167. The predicted molar refractivity (Wildman–Crippen MR) is 89.7 cm³/mol. The van der Waals surface area contributed by atoms with E-state index in [2.05, 4.69) is 47.2 Å². The van der Waals surface area contributed by atoms with Gasteiger partial charge >= 0.3 is 0 Å². The van der Waals surface area contributed by atoms with Gasteiger partial charge in [0.1, 0.15) is 0 Å². The largest absolute Gasteiger partial charge is 0.303 e. The lowest BCUT2D eigenvalue weighted by atomic mass is 9.74. The number of rotatable bonds is 4. The van der Waals surface area contributed by atoms with E-state index in [1.807, 2.05) is 6.07 Å². The number of nitriles is 1. The third kappa shape index (κ3) is 3.19. The highest BCUT2D eigenvalue weighted by molar-refractivity contribution is 5.33. The number of nitrogens with zero attached hydrogens (tertiary/aromatic N) is 3. The van der Waals surface area contributed by atoms with Crippen LogP contribution in [0.25, 0.3) is 0 Å². The van der Waals surface area contributed by atoms with E-state index in [1.165, 1.54) is 37.9 Å². The van der Waals surface area contributed by atoms with Gasteiger partial charge in [-0.15, -0.1) is 0 Å². The molecule has 1 aromatic rings. The molecular formula is C19H27N3. The average Bonchev–Trinajstić information content (AvgIpc) is 2.99. The highest BCUT2D eigenvalue weighted by Gasteiger charge is 2.36. The maximum absolute atomic E-state index is 9.74. The van der Waals surface area contributed by atoms with E-state index in [0.717, 1.165) is 32.0 Å². The van der Waals surface area contributed by atoms with Gasteiger partial charge in [-0.05, 0) is 70.9 Å². The van der Waals surface area contributed by atoms with E-state index in [4.69, 9.17) is 0 Å². The summed E-state index contributed by atoms with van der Waals surface area (Å²) in [6.45, 7) is 4.55. The van der Waals surface area contributed by atoms with Crippen molar-refractivity contribution >= 4 is 0 Å². The van der Waals surface area contributed by atoms with Crippen LogP contribution in [0.2, 0.25) is 0 Å². The fourth-order valence-corrected chi connectivity index (χ4v) is 4.06. The van der Waals surface area contributed by atoms with Crippen LogP contribution in [-0.2, 0) is 5.41 Å². The maximum Gasteiger partial charge on any atom is 0.0846 e. The predicted octanol–water partition coefficient (Wildman–Crippen LogP) is 3.03. The quantitative estimate of drug-likeness (QED) is 0.856. The van der Waals surface area contributed by atoms with E-state index in [-0.39, 0.29) is 5.41 Å². The van der Waals surface area contributed by atoms with Crippen LogP contribution in [-0.4, -0.2) is 49.1 Å². The minimum atomic E-state index is -0.262. The Kier molecular flexibility index (Phi) is 4.81. The third-order valence-electron chi connectivity index (χ3n) is 5.70. The normalized spacial score (nSPS) is 25.9. The molecule has 0 bridgehead atoms. The Labute approximate surface area is 134 Å². The van der Waals surface area contributed by atoms with Crippen LogP contribution in [0.5, 0.6) is 0 Å². The molecule has 2 heterocycles. The Morgan fingerprint density at radius 3 is 2.50 bits per heavy atom. The van der Waals surface area contributed by atoms with Crippen molar-refractivity contribution in [2.24, 2.45) is 0 Å². The first-order chi connectivity index (χ1) is 10.7. The van der Waals surface area contributed by atoms with Crippen LogP contribution in [0.15, 0.2) is 30.3 Å². The maximum atomic E-state index is 9.74. The third-order valence-corrected chi connectivity index (χ3v) is 5.70. The summed E-state index contributed by atoms with van der Waals surface area (Å²) < 4.78 is 0. The SMILES string of the molecule is CN1CCC[C@@H]1CCN1CCC(C#N)(c2ccccc2)CC1. The van der Waals surface area contributed by atoms with Crippen LogP contribution >= 0.6 is 0 Å². The second-order valence-corrected chi connectivity index (χ2v) is 6.97. The molecule has 3 rings (SSSR count). The molecule has 0 N–H and O–H groups in total. The minimum absolute atomic E-state index is 0.262. The zero-order valence-corrected chi connectivity index (χ0v) is 13.7. The molecule has 0 aromatic heterocycles. The van der Waals surface area contributed by atoms with Gasteiger partial charge < -0.3 is 9.80 Å². The zero-order chi connectivity index (χ0) is 15.4. The number of piperidine rings is 1. The Balaban J connectivity index is 1.54. The Morgan fingerprint density at radius 2 is 1.91 bits per heavy atom. The van der Waals surface area contributed by atoms with E-state index in [9.17, 15) is 5.26 Å². The first kappa shape index (κ1) is 15.5. The molecule has 118 valence electrons.